The lowest BCUT2D eigenvalue weighted by Crippen LogP contribution is -2.18. The third kappa shape index (κ3) is 1.81. The van der Waals surface area contributed by atoms with Gasteiger partial charge >= 0.3 is 0 Å². The van der Waals surface area contributed by atoms with E-state index in [4.69, 9.17) is 17.3 Å². The number of nitrogens with two attached hydrogens (primary N) is 1. The molecule has 0 saturated heterocycles. The van der Waals surface area contributed by atoms with Gasteiger partial charge in [0.15, 0.2) is 0 Å². The van der Waals surface area contributed by atoms with Gasteiger partial charge in [0.25, 0.3) is 0 Å². The highest BCUT2D eigenvalue weighted by atomic mass is 35.5. The Labute approximate surface area is 97.7 Å². The van der Waals surface area contributed by atoms with Gasteiger partial charge in [-0.3, -0.25) is 0 Å². The molecule has 5 heteroatoms. The van der Waals surface area contributed by atoms with Crippen LogP contribution in [0.1, 0.15) is 17.4 Å². The zero-order chi connectivity index (χ0) is 11.7. The van der Waals surface area contributed by atoms with Gasteiger partial charge in [0.05, 0.1) is 11.1 Å². The quantitative estimate of drug-likeness (QED) is 0.874. The van der Waals surface area contributed by atoms with Gasteiger partial charge in [0, 0.05) is 25.0 Å². The van der Waals surface area contributed by atoms with Crippen LogP contribution < -0.4 is 5.73 Å². The van der Waals surface area contributed by atoms with E-state index in [2.05, 4.69) is 4.98 Å². The van der Waals surface area contributed by atoms with Crippen molar-refractivity contribution in [3.8, 4) is 0 Å². The first-order valence-corrected chi connectivity index (χ1v) is 5.15. The van der Waals surface area contributed by atoms with Crippen LogP contribution in [-0.2, 0) is 7.05 Å². The molecule has 0 fully saturated rings. The van der Waals surface area contributed by atoms with Crippen molar-refractivity contribution in [3.05, 3.63) is 52.8 Å². The SMILES string of the molecule is Cn1ccnc1C(N)c1cccc(Cl)c1F. The minimum Gasteiger partial charge on any atom is -0.336 e. The number of hydrogen-bond acceptors (Lipinski definition) is 2. The summed E-state index contributed by atoms with van der Waals surface area (Å²) in [5.74, 6) is 0.112. The van der Waals surface area contributed by atoms with E-state index < -0.39 is 11.9 Å². The molecule has 2 aromatic rings. The second kappa shape index (κ2) is 4.23. The van der Waals surface area contributed by atoms with Gasteiger partial charge in [-0.2, -0.15) is 0 Å². The van der Waals surface area contributed by atoms with E-state index >= 15 is 0 Å². The third-order valence-electron chi connectivity index (χ3n) is 2.45. The summed E-state index contributed by atoms with van der Waals surface area (Å²) < 4.78 is 15.5. The number of imidazole rings is 1. The molecular weight excluding hydrogens is 229 g/mol. The number of rotatable bonds is 2. The van der Waals surface area contributed by atoms with Gasteiger partial charge in [-0.25, -0.2) is 9.37 Å². The fraction of sp³-hybridized carbons (Fsp3) is 0.182. The molecule has 2 rings (SSSR count). The van der Waals surface area contributed by atoms with E-state index in [9.17, 15) is 4.39 Å². The number of nitrogens with zero attached hydrogens (tertiary/aromatic N) is 2. The summed E-state index contributed by atoms with van der Waals surface area (Å²) >= 11 is 5.70. The maximum Gasteiger partial charge on any atom is 0.147 e. The zero-order valence-corrected chi connectivity index (χ0v) is 9.45. The molecule has 1 atom stereocenters. The summed E-state index contributed by atoms with van der Waals surface area (Å²) in [4.78, 5) is 4.09. The minimum atomic E-state index is -0.612. The summed E-state index contributed by atoms with van der Waals surface area (Å²) in [6.07, 6.45) is 3.38. The average Bonchev–Trinajstić information content (AvgIpc) is 2.68. The van der Waals surface area contributed by atoms with Crippen molar-refractivity contribution in [1.29, 1.82) is 0 Å². The summed E-state index contributed by atoms with van der Waals surface area (Å²) in [6.45, 7) is 0. The largest absolute Gasteiger partial charge is 0.336 e. The van der Waals surface area contributed by atoms with Crippen molar-refractivity contribution in [3.63, 3.8) is 0 Å². The Morgan fingerprint density at radius 2 is 2.25 bits per heavy atom. The van der Waals surface area contributed by atoms with Gasteiger partial charge in [0.1, 0.15) is 11.6 Å². The number of aromatic nitrogens is 2. The lowest BCUT2D eigenvalue weighted by Gasteiger charge is -2.13. The van der Waals surface area contributed by atoms with Gasteiger partial charge in [0.2, 0.25) is 0 Å². The van der Waals surface area contributed by atoms with Crippen molar-refractivity contribution in [2.75, 3.05) is 0 Å². The highest BCUT2D eigenvalue weighted by Gasteiger charge is 2.18. The highest BCUT2D eigenvalue weighted by Crippen LogP contribution is 2.25. The number of hydrogen-bond donors (Lipinski definition) is 1. The number of benzene rings is 1. The molecule has 0 aliphatic heterocycles. The molecular formula is C11H11ClFN3. The Bertz CT molecular complexity index is 510. The first-order valence-electron chi connectivity index (χ1n) is 4.78. The second-order valence-electron chi connectivity index (χ2n) is 3.52. The fourth-order valence-electron chi connectivity index (χ4n) is 1.58. The molecule has 0 bridgehead atoms. The summed E-state index contributed by atoms with van der Waals surface area (Å²) in [6, 6.07) is 4.16. The van der Waals surface area contributed by atoms with Crippen molar-refractivity contribution in [1.82, 2.24) is 9.55 Å². The third-order valence-corrected chi connectivity index (χ3v) is 2.75. The van der Waals surface area contributed by atoms with E-state index in [-0.39, 0.29) is 5.02 Å². The Morgan fingerprint density at radius 3 is 2.88 bits per heavy atom. The maximum absolute atomic E-state index is 13.7. The molecule has 3 nitrogen and oxygen atoms in total. The Kier molecular flexibility index (Phi) is 2.94. The molecule has 0 amide bonds. The summed E-state index contributed by atoms with van der Waals surface area (Å²) in [5.41, 5.74) is 6.30. The van der Waals surface area contributed by atoms with Gasteiger partial charge in [-0.15, -0.1) is 0 Å². The number of halogens is 2. The van der Waals surface area contributed by atoms with E-state index in [0.717, 1.165) is 0 Å². The fourth-order valence-corrected chi connectivity index (χ4v) is 1.76. The van der Waals surface area contributed by atoms with Gasteiger partial charge in [-0.1, -0.05) is 23.7 Å². The molecule has 0 saturated carbocycles. The topological polar surface area (TPSA) is 43.8 Å². The predicted molar refractivity (Wildman–Crippen MR) is 60.6 cm³/mol. The van der Waals surface area contributed by atoms with Crippen LogP contribution in [0.25, 0.3) is 0 Å². The van der Waals surface area contributed by atoms with Crippen LogP contribution in [0.15, 0.2) is 30.6 Å². The first-order chi connectivity index (χ1) is 7.61. The normalized spacial score (nSPS) is 12.8. The molecule has 1 unspecified atom stereocenters. The molecule has 0 aliphatic rings. The summed E-state index contributed by atoms with van der Waals surface area (Å²) in [5, 5.41) is 0.0714. The highest BCUT2D eigenvalue weighted by molar-refractivity contribution is 6.30. The van der Waals surface area contributed by atoms with Crippen molar-refractivity contribution >= 4 is 11.6 Å². The van der Waals surface area contributed by atoms with Crippen LogP contribution in [-0.4, -0.2) is 9.55 Å². The zero-order valence-electron chi connectivity index (χ0n) is 8.69. The van der Waals surface area contributed by atoms with E-state index in [0.29, 0.717) is 11.4 Å². The predicted octanol–water partition coefficient (Wildman–Crippen LogP) is 2.26. The standard InChI is InChI=1S/C11H11ClFN3/c1-16-6-5-15-11(16)10(14)7-3-2-4-8(12)9(7)13/h2-6,10H,14H2,1H3. The first kappa shape index (κ1) is 11.1. The van der Waals surface area contributed by atoms with Crippen LogP contribution in [0.3, 0.4) is 0 Å². The Hall–Kier alpha value is -1.39. The number of aryl methyl sites for hydroxylation is 1. The Morgan fingerprint density at radius 1 is 1.50 bits per heavy atom. The lowest BCUT2D eigenvalue weighted by molar-refractivity contribution is 0.588. The van der Waals surface area contributed by atoms with Gasteiger partial charge in [-0.05, 0) is 6.07 Å². The molecule has 0 radical (unpaired) electrons. The van der Waals surface area contributed by atoms with Gasteiger partial charge < -0.3 is 10.3 Å². The van der Waals surface area contributed by atoms with Crippen molar-refractivity contribution in [2.45, 2.75) is 6.04 Å². The van der Waals surface area contributed by atoms with Crippen LogP contribution in [0, 0.1) is 5.82 Å². The molecule has 2 N–H and O–H groups in total. The van der Waals surface area contributed by atoms with Crippen LogP contribution in [0.5, 0.6) is 0 Å². The van der Waals surface area contributed by atoms with Crippen molar-refractivity contribution in [2.24, 2.45) is 12.8 Å². The Balaban J connectivity index is 2.46. The molecule has 84 valence electrons. The lowest BCUT2D eigenvalue weighted by atomic mass is 10.1. The second-order valence-corrected chi connectivity index (χ2v) is 3.92. The molecule has 1 aromatic heterocycles. The molecule has 0 spiro atoms. The summed E-state index contributed by atoms with van der Waals surface area (Å²) in [7, 11) is 1.81. The van der Waals surface area contributed by atoms with E-state index in [1.807, 2.05) is 7.05 Å². The van der Waals surface area contributed by atoms with Crippen LogP contribution >= 0.6 is 11.6 Å². The molecule has 0 aliphatic carbocycles. The van der Waals surface area contributed by atoms with Crippen molar-refractivity contribution < 1.29 is 4.39 Å². The monoisotopic (exact) mass is 239 g/mol. The average molecular weight is 240 g/mol. The minimum absolute atomic E-state index is 0.0714. The van der Waals surface area contributed by atoms with E-state index in [1.165, 1.54) is 6.07 Å². The molecule has 16 heavy (non-hydrogen) atoms. The van der Waals surface area contributed by atoms with Crippen LogP contribution in [0.4, 0.5) is 4.39 Å². The smallest absolute Gasteiger partial charge is 0.147 e. The van der Waals surface area contributed by atoms with Crippen LogP contribution in [0.2, 0.25) is 5.02 Å². The maximum atomic E-state index is 13.7. The molecule has 1 heterocycles. The molecule has 1 aromatic carbocycles. The van der Waals surface area contributed by atoms with E-state index in [1.54, 1.807) is 29.1 Å².